The Morgan fingerprint density at radius 3 is 2.43 bits per heavy atom. The first kappa shape index (κ1) is 17.5. The SMILES string of the molecule is CC(C)CN(CCN(C)C)C(=O)CCc1ccccc1N. The number of carbonyl (C=O) groups excluding carboxylic acids is 1. The van der Waals surface area contributed by atoms with Crippen LogP contribution < -0.4 is 5.73 Å². The molecule has 1 amide bonds. The van der Waals surface area contributed by atoms with Crippen molar-refractivity contribution in [2.75, 3.05) is 39.5 Å². The molecule has 0 aliphatic carbocycles. The number of anilines is 1. The molecule has 0 aromatic heterocycles. The van der Waals surface area contributed by atoms with Gasteiger partial charge in [-0.15, -0.1) is 0 Å². The van der Waals surface area contributed by atoms with Gasteiger partial charge >= 0.3 is 0 Å². The van der Waals surface area contributed by atoms with Crippen LogP contribution in [0.15, 0.2) is 24.3 Å². The molecular weight excluding hydrogens is 262 g/mol. The molecule has 0 atom stereocenters. The minimum Gasteiger partial charge on any atom is -0.399 e. The lowest BCUT2D eigenvalue weighted by molar-refractivity contribution is -0.131. The Morgan fingerprint density at radius 1 is 1.19 bits per heavy atom. The number of benzene rings is 1. The number of para-hydroxylation sites is 1. The van der Waals surface area contributed by atoms with Gasteiger partial charge in [-0.3, -0.25) is 4.79 Å². The lowest BCUT2D eigenvalue weighted by atomic mass is 10.1. The van der Waals surface area contributed by atoms with Crippen LogP contribution in [0.4, 0.5) is 5.69 Å². The van der Waals surface area contributed by atoms with Crippen LogP contribution in [0.3, 0.4) is 0 Å². The molecule has 2 N–H and O–H groups in total. The number of carbonyl (C=O) groups is 1. The van der Waals surface area contributed by atoms with Crippen molar-refractivity contribution in [1.82, 2.24) is 9.80 Å². The quantitative estimate of drug-likeness (QED) is 0.747. The number of hydrogen-bond donors (Lipinski definition) is 1. The summed E-state index contributed by atoms with van der Waals surface area (Å²) < 4.78 is 0. The number of rotatable bonds is 8. The molecule has 0 bridgehead atoms. The predicted octanol–water partition coefficient (Wildman–Crippen LogP) is 2.25. The van der Waals surface area contributed by atoms with E-state index < -0.39 is 0 Å². The van der Waals surface area contributed by atoms with Crippen LogP contribution in [0.25, 0.3) is 0 Å². The summed E-state index contributed by atoms with van der Waals surface area (Å²) in [5, 5.41) is 0. The lowest BCUT2D eigenvalue weighted by Gasteiger charge is -2.26. The number of nitrogens with zero attached hydrogens (tertiary/aromatic N) is 2. The summed E-state index contributed by atoms with van der Waals surface area (Å²) in [7, 11) is 4.06. The Labute approximate surface area is 128 Å². The molecule has 118 valence electrons. The van der Waals surface area contributed by atoms with E-state index in [0.717, 1.165) is 30.9 Å². The van der Waals surface area contributed by atoms with Crippen molar-refractivity contribution >= 4 is 11.6 Å². The highest BCUT2D eigenvalue weighted by atomic mass is 16.2. The predicted molar refractivity (Wildman–Crippen MR) is 89.1 cm³/mol. The van der Waals surface area contributed by atoms with E-state index in [9.17, 15) is 4.79 Å². The van der Waals surface area contributed by atoms with E-state index in [0.29, 0.717) is 18.8 Å². The monoisotopic (exact) mass is 291 g/mol. The average Bonchev–Trinajstić information content (AvgIpc) is 2.41. The molecule has 4 nitrogen and oxygen atoms in total. The first-order valence-corrected chi connectivity index (χ1v) is 7.66. The highest BCUT2D eigenvalue weighted by Crippen LogP contribution is 2.13. The zero-order valence-electron chi connectivity index (χ0n) is 13.8. The number of likely N-dealkylation sites (N-methyl/N-ethyl adjacent to an activating group) is 1. The van der Waals surface area contributed by atoms with Crippen LogP contribution in [0, 0.1) is 5.92 Å². The largest absolute Gasteiger partial charge is 0.399 e. The van der Waals surface area contributed by atoms with E-state index in [1.807, 2.05) is 43.3 Å². The number of aryl methyl sites for hydroxylation is 1. The van der Waals surface area contributed by atoms with Gasteiger partial charge in [-0.25, -0.2) is 0 Å². The second-order valence-electron chi connectivity index (χ2n) is 6.24. The van der Waals surface area contributed by atoms with Gasteiger partial charge in [0, 0.05) is 31.7 Å². The number of amides is 1. The van der Waals surface area contributed by atoms with Crippen molar-refractivity contribution in [2.45, 2.75) is 26.7 Å². The third-order valence-electron chi connectivity index (χ3n) is 3.42. The molecule has 21 heavy (non-hydrogen) atoms. The van der Waals surface area contributed by atoms with E-state index in [1.54, 1.807) is 0 Å². The fourth-order valence-electron chi connectivity index (χ4n) is 2.24. The molecule has 1 aromatic rings. The molecular formula is C17H29N3O. The maximum Gasteiger partial charge on any atom is 0.222 e. The molecule has 0 unspecified atom stereocenters. The first-order valence-electron chi connectivity index (χ1n) is 7.66. The minimum absolute atomic E-state index is 0.216. The van der Waals surface area contributed by atoms with Gasteiger partial charge in [0.2, 0.25) is 5.91 Å². The van der Waals surface area contributed by atoms with E-state index in [-0.39, 0.29) is 5.91 Å². The van der Waals surface area contributed by atoms with Gasteiger partial charge in [0.1, 0.15) is 0 Å². The summed E-state index contributed by atoms with van der Waals surface area (Å²) in [6.45, 7) is 6.79. The zero-order chi connectivity index (χ0) is 15.8. The fraction of sp³-hybridized carbons (Fsp3) is 0.588. The third kappa shape index (κ3) is 6.63. The van der Waals surface area contributed by atoms with E-state index in [1.165, 1.54) is 0 Å². The summed E-state index contributed by atoms with van der Waals surface area (Å²) in [5.74, 6) is 0.701. The molecule has 0 aliphatic rings. The Balaban J connectivity index is 2.57. The van der Waals surface area contributed by atoms with Crippen molar-refractivity contribution in [1.29, 1.82) is 0 Å². The Bertz CT molecular complexity index is 443. The van der Waals surface area contributed by atoms with Crippen molar-refractivity contribution < 1.29 is 4.79 Å². The second kappa shape index (κ2) is 8.67. The van der Waals surface area contributed by atoms with Gasteiger partial charge in [-0.05, 0) is 38.1 Å². The van der Waals surface area contributed by atoms with Crippen LogP contribution in [-0.4, -0.2) is 49.4 Å². The molecule has 4 heteroatoms. The molecule has 0 heterocycles. The number of nitrogens with two attached hydrogens (primary N) is 1. The minimum atomic E-state index is 0.216. The summed E-state index contributed by atoms with van der Waals surface area (Å²) in [4.78, 5) is 16.5. The fourth-order valence-corrected chi connectivity index (χ4v) is 2.24. The molecule has 0 radical (unpaired) electrons. The molecule has 1 rings (SSSR count). The highest BCUT2D eigenvalue weighted by Gasteiger charge is 2.15. The third-order valence-corrected chi connectivity index (χ3v) is 3.42. The van der Waals surface area contributed by atoms with E-state index in [4.69, 9.17) is 5.73 Å². The van der Waals surface area contributed by atoms with Gasteiger partial charge in [0.05, 0.1) is 0 Å². The van der Waals surface area contributed by atoms with Crippen molar-refractivity contribution in [2.24, 2.45) is 5.92 Å². The summed E-state index contributed by atoms with van der Waals surface area (Å²) >= 11 is 0. The van der Waals surface area contributed by atoms with Crippen LogP contribution in [0.2, 0.25) is 0 Å². The van der Waals surface area contributed by atoms with Crippen LogP contribution in [-0.2, 0) is 11.2 Å². The molecule has 0 aliphatic heterocycles. The molecule has 0 saturated heterocycles. The average molecular weight is 291 g/mol. The van der Waals surface area contributed by atoms with Crippen molar-refractivity contribution in [3.8, 4) is 0 Å². The van der Waals surface area contributed by atoms with Gasteiger partial charge in [-0.1, -0.05) is 32.0 Å². The van der Waals surface area contributed by atoms with Crippen molar-refractivity contribution in [3.63, 3.8) is 0 Å². The topological polar surface area (TPSA) is 49.6 Å². The van der Waals surface area contributed by atoms with Crippen LogP contribution in [0.1, 0.15) is 25.8 Å². The van der Waals surface area contributed by atoms with E-state index in [2.05, 4.69) is 18.7 Å². The normalized spacial score (nSPS) is 11.1. The number of hydrogen-bond acceptors (Lipinski definition) is 3. The molecule has 0 spiro atoms. The van der Waals surface area contributed by atoms with Gasteiger partial charge < -0.3 is 15.5 Å². The first-order chi connectivity index (χ1) is 9.90. The number of nitrogen functional groups attached to an aromatic ring is 1. The molecule has 0 saturated carbocycles. The van der Waals surface area contributed by atoms with Crippen LogP contribution in [0.5, 0.6) is 0 Å². The lowest BCUT2D eigenvalue weighted by Crippen LogP contribution is -2.39. The zero-order valence-corrected chi connectivity index (χ0v) is 13.8. The summed E-state index contributed by atoms with van der Waals surface area (Å²) in [6, 6.07) is 7.77. The van der Waals surface area contributed by atoms with Gasteiger partial charge in [-0.2, -0.15) is 0 Å². The Kier molecular flexibility index (Phi) is 7.23. The Hall–Kier alpha value is -1.55. The highest BCUT2D eigenvalue weighted by molar-refractivity contribution is 5.76. The second-order valence-corrected chi connectivity index (χ2v) is 6.24. The van der Waals surface area contributed by atoms with E-state index >= 15 is 0 Å². The van der Waals surface area contributed by atoms with Gasteiger partial charge in [0.15, 0.2) is 0 Å². The van der Waals surface area contributed by atoms with Crippen molar-refractivity contribution in [3.05, 3.63) is 29.8 Å². The molecule has 1 aromatic carbocycles. The summed E-state index contributed by atoms with van der Waals surface area (Å²) in [6.07, 6.45) is 1.23. The van der Waals surface area contributed by atoms with Crippen LogP contribution >= 0.6 is 0 Å². The molecule has 0 fully saturated rings. The summed E-state index contributed by atoms with van der Waals surface area (Å²) in [5.41, 5.74) is 7.76. The standard InChI is InChI=1S/C17H29N3O/c1-14(2)13-20(12-11-19(3)4)17(21)10-9-15-7-5-6-8-16(15)18/h5-8,14H,9-13,18H2,1-4H3. The van der Waals surface area contributed by atoms with Gasteiger partial charge in [0.25, 0.3) is 0 Å². The maximum absolute atomic E-state index is 12.4. The maximum atomic E-state index is 12.4. The smallest absolute Gasteiger partial charge is 0.222 e. The Morgan fingerprint density at radius 2 is 1.86 bits per heavy atom.